The second-order valence-electron chi connectivity index (χ2n) is 5.47. The van der Waals surface area contributed by atoms with E-state index < -0.39 is 12.1 Å². The van der Waals surface area contributed by atoms with Crippen LogP contribution in [-0.4, -0.2) is 21.9 Å². The number of rotatable bonds is 7. The number of benzene rings is 1. The Kier molecular flexibility index (Phi) is 5.80. The van der Waals surface area contributed by atoms with Crippen molar-refractivity contribution in [3.8, 4) is 11.5 Å². The van der Waals surface area contributed by atoms with E-state index in [0.29, 0.717) is 15.1 Å². The highest BCUT2D eigenvalue weighted by atomic mass is 35.5. The van der Waals surface area contributed by atoms with Crippen LogP contribution < -0.4 is 0 Å². The lowest BCUT2D eigenvalue weighted by Gasteiger charge is -2.08. The summed E-state index contributed by atoms with van der Waals surface area (Å²) < 4.78 is 11.4. The van der Waals surface area contributed by atoms with E-state index in [1.54, 1.807) is 19.1 Å². The highest BCUT2D eigenvalue weighted by molar-refractivity contribution is 7.18. The summed E-state index contributed by atoms with van der Waals surface area (Å²) in [5.41, 5.74) is 0.782. The van der Waals surface area contributed by atoms with Gasteiger partial charge >= 0.3 is 5.97 Å². The number of halogens is 1. The number of carbonyl (C=O) groups excluding carboxylic acids is 2. The summed E-state index contributed by atoms with van der Waals surface area (Å²) in [6, 6.07) is 12.6. The Morgan fingerprint density at radius 3 is 2.62 bits per heavy atom. The molecule has 0 fully saturated rings. The first-order chi connectivity index (χ1) is 12.5. The summed E-state index contributed by atoms with van der Waals surface area (Å²) in [7, 11) is 0. The van der Waals surface area contributed by atoms with Crippen molar-refractivity contribution in [1.82, 2.24) is 10.2 Å². The quantitative estimate of drug-likeness (QED) is 0.429. The van der Waals surface area contributed by atoms with Gasteiger partial charge in [0.25, 0.3) is 5.89 Å². The van der Waals surface area contributed by atoms with Gasteiger partial charge < -0.3 is 9.15 Å². The molecule has 0 aliphatic heterocycles. The van der Waals surface area contributed by atoms with E-state index >= 15 is 0 Å². The number of thiophene rings is 1. The Balaban J connectivity index is 1.53. The Morgan fingerprint density at radius 2 is 1.92 bits per heavy atom. The highest BCUT2D eigenvalue weighted by Gasteiger charge is 2.20. The molecule has 134 valence electrons. The molecule has 1 atom stereocenters. The molecule has 8 heteroatoms. The normalized spacial score (nSPS) is 11.9. The number of hydrogen-bond donors (Lipinski definition) is 0. The number of ketones is 1. The van der Waals surface area contributed by atoms with Crippen LogP contribution in [0.1, 0.15) is 41.4 Å². The lowest BCUT2D eigenvalue weighted by Crippen LogP contribution is -2.11. The maximum absolute atomic E-state index is 12.0. The van der Waals surface area contributed by atoms with Crippen LogP contribution in [-0.2, 0) is 9.53 Å². The van der Waals surface area contributed by atoms with Gasteiger partial charge in [-0.3, -0.25) is 9.59 Å². The van der Waals surface area contributed by atoms with Gasteiger partial charge in [0.2, 0.25) is 5.89 Å². The van der Waals surface area contributed by atoms with Crippen molar-refractivity contribution < 1.29 is 18.7 Å². The smallest absolute Gasteiger partial charge is 0.307 e. The van der Waals surface area contributed by atoms with Crippen LogP contribution in [0.4, 0.5) is 0 Å². The fourth-order valence-electron chi connectivity index (χ4n) is 2.21. The van der Waals surface area contributed by atoms with Gasteiger partial charge in [0.15, 0.2) is 11.9 Å². The topological polar surface area (TPSA) is 82.3 Å². The minimum Gasteiger partial charge on any atom is -0.453 e. The van der Waals surface area contributed by atoms with Gasteiger partial charge in [-0.25, -0.2) is 0 Å². The number of hydrogen-bond acceptors (Lipinski definition) is 7. The summed E-state index contributed by atoms with van der Waals surface area (Å²) in [5.74, 6) is -0.0922. The zero-order valence-electron chi connectivity index (χ0n) is 13.8. The van der Waals surface area contributed by atoms with Gasteiger partial charge in [0.1, 0.15) is 0 Å². The van der Waals surface area contributed by atoms with E-state index in [1.807, 2.05) is 30.3 Å². The number of nitrogens with zero attached hydrogens (tertiary/aromatic N) is 2. The highest BCUT2D eigenvalue weighted by Crippen LogP contribution is 2.24. The second kappa shape index (κ2) is 8.25. The number of ether oxygens (including phenoxy) is 1. The summed E-state index contributed by atoms with van der Waals surface area (Å²) in [5, 5.41) is 7.88. The molecular formula is C18H15ClN2O4S. The molecule has 6 nitrogen and oxygen atoms in total. The predicted molar refractivity (Wildman–Crippen MR) is 97.1 cm³/mol. The number of carbonyl (C=O) groups is 2. The van der Waals surface area contributed by atoms with Crippen molar-refractivity contribution in [3.63, 3.8) is 0 Å². The van der Waals surface area contributed by atoms with Crippen LogP contribution in [0.15, 0.2) is 46.9 Å². The summed E-state index contributed by atoms with van der Waals surface area (Å²) in [6.45, 7) is 1.64. The van der Waals surface area contributed by atoms with E-state index in [0.717, 1.165) is 5.56 Å². The van der Waals surface area contributed by atoms with Gasteiger partial charge in [-0.05, 0) is 31.2 Å². The van der Waals surface area contributed by atoms with E-state index in [-0.39, 0.29) is 24.5 Å². The summed E-state index contributed by atoms with van der Waals surface area (Å²) >= 11 is 6.99. The lowest BCUT2D eigenvalue weighted by molar-refractivity contribution is -0.149. The molecule has 0 aliphatic rings. The molecule has 0 N–H and O–H groups in total. The van der Waals surface area contributed by atoms with Crippen molar-refractivity contribution in [3.05, 3.63) is 57.6 Å². The largest absolute Gasteiger partial charge is 0.453 e. The molecule has 0 saturated heterocycles. The third-order valence-electron chi connectivity index (χ3n) is 3.52. The van der Waals surface area contributed by atoms with Crippen LogP contribution in [0.3, 0.4) is 0 Å². The van der Waals surface area contributed by atoms with Crippen molar-refractivity contribution in [2.75, 3.05) is 0 Å². The molecular weight excluding hydrogens is 376 g/mol. The fourth-order valence-corrected chi connectivity index (χ4v) is 3.22. The molecule has 3 rings (SSSR count). The standard InChI is InChI=1S/C18H15ClN2O4S/c1-11(17-20-21-18(25-17)12-5-3-2-4-6-12)24-16(23)10-7-13(22)14-8-9-15(19)26-14/h2-6,8-9,11H,7,10H2,1H3/t11-/m0/s1. The minimum absolute atomic E-state index is 0.0294. The minimum atomic E-state index is -0.696. The third kappa shape index (κ3) is 4.56. The van der Waals surface area contributed by atoms with Gasteiger partial charge in [0.05, 0.1) is 15.6 Å². The molecule has 0 bridgehead atoms. The van der Waals surface area contributed by atoms with Gasteiger partial charge in [-0.15, -0.1) is 21.5 Å². The molecule has 3 aromatic rings. The van der Waals surface area contributed by atoms with Gasteiger partial charge in [-0.2, -0.15) is 0 Å². The monoisotopic (exact) mass is 390 g/mol. The molecule has 26 heavy (non-hydrogen) atoms. The van der Waals surface area contributed by atoms with E-state index in [4.69, 9.17) is 20.8 Å². The first kappa shape index (κ1) is 18.3. The average molecular weight is 391 g/mol. The number of aromatic nitrogens is 2. The third-order valence-corrected chi connectivity index (χ3v) is 4.79. The molecule has 0 radical (unpaired) electrons. The molecule has 0 amide bonds. The first-order valence-corrected chi connectivity index (χ1v) is 9.09. The van der Waals surface area contributed by atoms with Crippen LogP contribution >= 0.6 is 22.9 Å². The van der Waals surface area contributed by atoms with Gasteiger partial charge in [0, 0.05) is 12.0 Å². The molecule has 0 aliphatic carbocycles. The summed E-state index contributed by atoms with van der Waals surface area (Å²) in [6.07, 6.45) is -0.668. The number of esters is 1. The molecule has 1 aromatic carbocycles. The molecule has 0 spiro atoms. The fraction of sp³-hybridized carbons (Fsp3) is 0.222. The van der Waals surface area contributed by atoms with Gasteiger partial charge in [-0.1, -0.05) is 29.8 Å². The van der Waals surface area contributed by atoms with Crippen molar-refractivity contribution in [2.45, 2.75) is 25.9 Å². The summed E-state index contributed by atoms with van der Waals surface area (Å²) in [4.78, 5) is 24.5. The molecule has 2 aromatic heterocycles. The Labute approximate surface area is 158 Å². The Morgan fingerprint density at radius 1 is 1.15 bits per heavy atom. The average Bonchev–Trinajstić information content (AvgIpc) is 3.30. The molecule has 2 heterocycles. The Bertz CT molecular complexity index is 907. The first-order valence-electron chi connectivity index (χ1n) is 7.90. The van der Waals surface area contributed by atoms with Crippen molar-refractivity contribution in [1.29, 1.82) is 0 Å². The lowest BCUT2D eigenvalue weighted by atomic mass is 10.2. The van der Waals surface area contributed by atoms with Crippen LogP contribution in [0.2, 0.25) is 4.34 Å². The zero-order chi connectivity index (χ0) is 18.5. The maximum atomic E-state index is 12.0. The molecule has 0 saturated carbocycles. The van der Waals surface area contributed by atoms with Crippen LogP contribution in [0, 0.1) is 0 Å². The number of Topliss-reactive ketones (excluding diaryl/α,β-unsaturated/α-hetero) is 1. The Hall–Kier alpha value is -2.51. The SMILES string of the molecule is C[C@H](OC(=O)CCC(=O)c1ccc(Cl)s1)c1nnc(-c2ccccc2)o1. The van der Waals surface area contributed by atoms with E-state index in [2.05, 4.69) is 10.2 Å². The van der Waals surface area contributed by atoms with Crippen LogP contribution in [0.25, 0.3) is 11.5 Å². The van der Waals surface area contributed by atoms with Crippen LogP contribution in [0.5, 0.6) is 0 Å². The van der Waals surface area contributed by atoms with Crippen molar-refractivity contribution >= 4 is 34.7 Å². The van der Waals surface area contributed by atoms with Crippen molar-refractivity contribution in [2.24, 2.45) is 0 Å². The van der Waals surface area contributed by atoms with E-state index in [1.165, 1.54) is 11.3 Å². The van der Waals surface area contributed by atoms with E-state index in [9.17, 15) is 9.59 Å². The maximum Gasteiger partial charge on any atom is 0.307 e. The predicted octanol–water partition coefficient (Wildman–Crippen LogP) is 4.72. The molecule has 0 unspecified atom stereocenters. The zero-order valence-corrected chi connectivity index (χ0v) is 15.4. The second-order valence-corrected chi connectivity index (χ2v) is 7.19.